The van der Waals surface area contributed by atoms with Gasteiger partial charge in [-0.2, -0.15) is 0 Å². The summed E-state index contributed by atoms with van der Waals surface area (Å²) in [4.78, 5) is 1.97. The molecule has 0 aliphatic carbocycles. The van der Waals surface area contributed by atoms with Gasteiger partial charge in [-0.25, -0.2) is 0 Å². The Kier molecular flexibility index (Phi) is 1.23. The Bertz CT molecular complexity index is 171. The Morgan fingerprint density at radius 2 is 2.38 bits per heavy atom. The predicted octanol–water partition coefficient (Wildman–Crippen LogP) is 1.50. The van der Waals surface area contributed by atoms with E-state index >= 15 is 0 Å². The van der Waals surface area contributed by atoms with Crippen molar-refractivity contribution in [2.45, 2.75) is 6.92 Å². The molecule has 0 aromatic rings. The minimum absolute atomic E-state index is 1.18. The van der Waals surface area contributed by atoms with E-state index in [1.54, 1.807) is 0 Å². The highest BCUT2D eigenvalue weighted by Gasteiger charge is 1.86. The summed E-state index contributed by atoms with van der Waals surface area (Å²) in [6.45, 7) is 2.03. The van der Waals surface area contributed by atoms with Gasteiger partial charge >= 0.3 is 0 Å². The van der Waals surface area contributed by atoms with Gasteiger partial charge in [0.2, 0.25) is 0 Å². The van der Waals surface area contributed by atoms with Crippen LogP contribution < -0.4 is 0 Å². The van der Waals surface area contributed by atoms with Gasteiger partial charge in [0.05, 0.1) is 0 Å². The van der Waals surface area contributed by atoms with Crippen molar-refractivity contribution in [1.29, 1.82) is 0 Å². The molecule has 0 atom stereocenters. The summed E-state index contributed by atoms with van der Waals surface area (Å²) in [5.41, 5.74) is 4.25. The Morgan fingerprint density at radius 1 is 1.62 bits per heavy atom. The second-order valence-corrected chi connectivity index (χ2v) is 1.94. The molecule has 1 heterocycles. The van der Waals surface area contributed by atoms with E-state index in [2.05, 4.69) is 5.73 Å². The molecule has 0 spiro atoms. The summed E-state index contributed by atoms with van der Waals surface area (Å²) >= 11 is 0. The van der Waals surface area contributed by atoms with Gasteiger partial charge < -0.3 is 4.90 Å². The first-order valence-corrected chi connectivity index (χ1v) is 2.62. The van der Waals surface area contributed by atoms with Crippen molar-refractivity contribution in [3.63, 3.8) is 0 Å². The summed E-state index contributed by atoms with van der Waals surface area (Å²) in [7, 11) is 1.98. The SMILES string of the molecule is CC1=C=CN(C)C=C1. The fourth-order valence-corrected chi connectivity index (χ4v) is 0.524. The van der Waals surface area contributed by atoms with E-state index in [0.717, 1.165) is 0 Å². The molecule has 42 valence electrons. The van der Waals surface area contributed by atoms with E-state index < -0.39 is 0 Å². The molecule has 1 aliphatic rings. The Morgan fingerprint density at radius 3 is 2.75 bits per heavy atom. The molecule has 0 unspecified atom stereocenters. The largest absolute Gasteiger partial charge is 0.351 e. The van der Waals surface area contributed by atoms with Gasteiger partial charge in [0.1, 0.15) is 0 Å². The molecular weight excluding hydrogens is 98.1 g/mol. The van der Waals surface area contributed by atoms with Crippen LogP contribution in [0.3, 0.4) is 0 Å². The number of hydrogen-bond donors (Lipinski definition) is 0. The fraction of sp³-hybridized carbons (Fsp3) is 0.286. The van der Waals surface area contributed by atoms with Crippen LogP contribution in [0.4, 0.5) is 0 Å². The summed E-state index contributed by atoms with van der Waals surface area (Å²) in [6, 6.07) is 0. The summed E-state index contributed by atoms with van der Waals surface area (Å²) in [5.74, 6) is 0. The minimum Gasteiger partial charge on any atom is -0.351 e. The maximum atomic E-state index is 3.06. The van der Waals surface area contributed by atoms with Crippen molar-refractivity contribution in [2.24, 2.45) is 0 Å². The highest BCUT2D eigenvalue weighted by molar-refractivity contribution is 5.18. The van der Waals surface area contributed by atoms with Gasteiger partial charge in [0.25, 0.3) is 0 Å². The molecular formula is C7H9N. The van der Waals surface area contributed by atoms with E-state index in [1.807, 2.05) is 37.3 Å². The molecule has 0 amide bonds. The van der Waals surface area contributed by atoms with Crippen LogP contribution in [0.25, 0.3) is 0 Å². The van der Waals surface area contributed by atoms with Gasteiger partial charge in [-0.05, 0) is 18.6 Å². The van der Waals surface area contributed by atoms with E-state index in [9.17, 15) is 0 Å². The van der Waals surface area contributed by atoms with E-state index in [4.69, 9.17) is 0 Å². The molecule has 0 N–H and O–H groups in total. The average molecular weight is 107 g/mol. The zero-order valence-electron chi connectivity index (χ0n) is 5.18. The molecule has 0 aromatic carbocycles. The second-order valence-electron chi connectivity index (χ2n) is 1.94. The van der Waals surface area contributed by atoms with Gasteiger partial charge in [0, 0.05) is 19.4 Å². The molecule has 0 saturated carbocycles. The lowest BCUT2D eigenvalue weighted by atomic mass is 10.3. The summed E-state index contributed by atoms with van der Waals surface area (Å²) < 4.78 is 0. The highest BCUT2D eigenvalue weighted by Crippen LogP contribution is 1.99. The van der Waals surface area contributed by atoms with Crippen molar-refractivity contribution in [3.05, 3.63) is 29.8 Å². The number of hydrogen-bond acceptors (Lipinski definition) is 1. The first-order chi connectivity index (χ1) is 3.79. The zero-order chi connectivity index (χ0) is 5.98. The molecule has 0 aromatic heterocycles. The Labute approximate surface area is 49.6 Å². The van der Waals surface area contributed by atoms with Gasteiger partial charge in [-0.15, -0.1) is 0 Å². The molecule has 0 radical (unpaired) electrons. The van der Waals surface area contributed by atoms with Crippen LogP contribution >= 0.6 is 0 Å². The number of nitrogens with zero attached hydrogens (tertiary/aromatic N) is 1. The highest BCUT2D eigenvalue weighted by atomic mass is 15.0. The molecule has 1 heteroatoms. The lowest BCUT2D eigenvalue weighted by molar-refractivity contribution is 0.622. The summed E-state index contributed by atoms with van der Waals surface area (Å²) in [5, 5.41) is 0. The molecule has 1 aliphatic heterocycles. The standard InChI is InChI=1S/C7H9N/c1-7-3-5-8(2)6-4-7/h3,5-6H,1-2H3. The topological polar surface area (TPSA) is 3.24 Å². The third-order valence-electron chi connectivity index (χ3n) is 1.06. The normalized spacial score (nSPS) is 16.8. The van der Waals surface area contributed by atoms with Crippen LogP contribution in [0.2, 0.25) is 0 Å². The quantitative estimate of drug-likeness (QED) is 0.424. The van der Waals surface area contributed by atoms with Crippen LogP contribution in [-0.4, -0.2) is 11.9 Å². The minimum atomic E-state index is 1.18. The van der Waals surface area contributed by atoms with E-state index in [1.165, 1.54) is 5.57 Å². The maximum Gasteiger partial charge on any atom is 0.0463 e. The lowest BCUT2D eigenvalue weighted by Crippen LogP contribution is -2.00. The molecule has 1 nitrogen and oxygen atoms in total. The first kappa shape index (κ1) is 5.20. The average Bonchev–Trinajstić information content (AvgIpc) is 1.77. The molecule has 0 saturated heterocycles. The van der Waals surface area contributed by atoms with Gasteiger partial charge in [-0.3, -0.25) is 0 Å². The lowest BCUT2D eigenvalue weighted by Gasteiger charge is -2.07. The third-order valence-corrected chi connectivity index (χ3v) is 1.06. The monoisotopic (exact) mass is 107 g/mol. The third kappa shape index (κ3) is 1.02. The maximum absolute atomic E-state index is 3.06. The second kappa shape index (κ2) is 1.89. The Hall–Kier alpha value is -0.940. The fourth-order valence-electron chi connectivity index (χ4n) is 0.524. The number of allylic oxidation sites excluding steroid dienone is 2. The molecule has 1 rings (SSSR count). The van der Waals surface area contributed by atoms with Crippen LogP contribution in [0.5, 0.6) is 0 Å². The van der Waals surface area contributed by atoms with Crippen molar-refractivity contribution in [3.8, 4) is 0 Å². The van der Waals surface area contributed by atoms with E-state index in [-0.39, 0.29) is 0 Å². The van der Waals surface area contributed by atoms with Crippen molar-refractivity contribution < 1.29 is 0 Å². The van der Waals surface area contributed by atoms with Gasteiger partial charge in [0.15, 0.2) is 0 Å². The molecule has 0 bridgehead atoms. The van der Waals surface area contributed by atoms with Gasteiger partial charge in [-0.1, -0.05) is 5.73 Å². The molecule has 8 heavy (non-hydrogen) atoms. The summed E-state index contributed by atoms with van der Waals surface area (Å²) in [6.07, 6.45) is 5.95. The smallest absolute Gasteiger partial charge is 0.0463 e. The zero-order valence-corrected chi connectivity index (χ0v) is 5.18. The van der Waals surface area contributed by atoms with Crippen LogP contribution in [0.15, 0.2) is 29.8 Å². The van der Waals surface area contributed by atoms with Crippen LogP contribution in [0, 0.1) is 0 Å². The van der Waals surface area contributed by atoms with Crippen LogP contribution in [0.1, 0.15) is 6.92 Å². The van der Waals surface area contributed by atoms with Crippen LogP contribution in [-0.2, 0) is 0 Å². The first-order valence-electron chi connectivity index (χ1n) is 2.62. The molecule has 0 fully saturated rings. The van der Waals surface area contributed by atoms with Crippen molar-refractivity contribution in [2.75, 3.05) is 7.05 Å². The van der Waals surface area contributed by atoms with Crippen molar-refractivity contribution in [1.82, 2.24) is 4.90 Å². The Balaban J connectivity index is 2.86. The predicted molar refractivity (Wildman–Crippen MR) is 34.2 cm³/mol. The van der Waals surface area contributed by atoms with Crippen molar-refractivity contribution >= 4 is 0 Å². The number of rotatable bonds is 0. The van der Waals surface area contributed by atoms with E-state index in [0.29, 0.717) is 0 Å².